The smallest absolute Gasteiger partial charge is 0.325 e. The minimum atomic E-state index is -1.05. The fraction of sp³-hybridized carbons (Fsp3) is 0.455. The second-order valence-electron chi connectivity index (χ2n) is 3.77. The molecule has 1 heterocycles. The maximum absolute atomic E-state index is 11.9. The Balaban J connectivity index is 2.84. The van der Waals surface area contributed by atoms with Crippen molar-refractivity contribution in [1.82, 2.24) is 9.88 Å². The van der Waals surface area contributed by atoms with Gasteiger partial charge in [-0.05, 0) is 35.3 Å². The summed E-state index contributed by atoms with van der Waals surface area (Å²) in [4.78, 5) is 22.5. The Labute approximate surface area is 108 Å². The summed E-state index contributed by atoms with van der Waals surface area (Å²) in [5.74, 6) is -1.43. The van der Waals surface area contributed by atoms with Gasteiger partial charge in [0, 0.05) is 17.2 Å². The largest absolute Gasteiger partial charge is 0.480 e. The number of halogens is 1. The number of rotatable bonds is 5. The fourth-order valence-corrected chi connectivity index (χ4v) is 1.89. The summed E-state index contributed by atoms with van der Waals surface area (Å²) in [5.41, 5.74) is 0.465. The second-order valence-corrected chi connectivity index (χ2v) is 4.69. The van der Waals surface area contributed by atoms with E-state index in [2.05, 4.69) is 21.2 Å². The van der Waals surface area contributed by atoms with Gasteiger partial charge in [-0.2, -0.15) is 0 Å². The van der Waals surface area contributed by atoms with Crippen molar-refractivity contribution in [2.24, 2.45) is 0 Å². The van der Waals surface area contributed by atoms with Crippen LogP contribution in [0.1, 0.15) is 30.8 Å². The van der Waals surface area contributed by atoms with E-state index in [1.807, 2.05) is 13.1 Å². The number of carbonyl (C=O) groups is 2. The van der Waals surface area contributed by atoms with Crippen LogP contribution < -0.4 is 5.32 Å². The normalized spacial score (nSPS) is 12.2. The molecule has 1 amide bonds. The lowest BCUT2D eigenvalue weighted by Crippen LogP contribution is -2.39. The van der Waals surface area contributed by atoms with Gasteiger partial charge >= 0.3 is 5.97 Å². The van der Waals surface area contributed by atoms with Gasteiger partial charge in [0.15, 0.2) is 0 Å². The third-order valence-electron chi connectivity index (χ3n) is 2.28. The van der Waals surface area contributed by atoms with E-state index in [0.29, 0.717) is 5.69 Å². The van der Waals surface area contributed by atoms with Crippen LogP contribution in [0.15, 0.2) is 16.7 Å². The Bertz CT molecular complexity index is 428. The summed E-state index contributed by atoms with van der Waals surface area (Å²) in [5, 5.41) is 11.2. The highest BCUT2D eigenvalue weighted by Crippen LogP contribution is 2.15. The third-order valence-corrected chi connectivity index (χ3v) is 2.71. The van der Waals surface area contributed by atoms with Crippen LogP contribution in [0.2, 0.25) is 0 Å². The monoisotopic (exact) mass is 302 g/mol. The lowest BCUT2D eigenvalue weighted by molar-refractivity contribution is -0.138. The molecule has 1 aromatic heterocycles. The third kappa shape index (κ3) is 3.59. The summed E-state index contributed by atoms with van der Waals surface area (Å²) >= 11 is 3.30. The Hall–Kier alpha value is -1.30. The van der Waals surface area contributed by atoms with E-state index >= 15 is 0 Å². The maximum atomic E-state index is 11.9. The molecule has 1 aromatic rings. The quantitative estimate of drug-likeness (QED) is 0.872. The number of aryl methyl sites for hydroxylation is 1. The number of aliphatic carboxylic acids is 1. The van der Waals surface area contributed by atoms with Gasteiger partial charge in [-0.15, -0.1) is 0 Å². The van der Waals surface area contributed by atoms with Gasteiger partial charge in [0.1, 0.15) is 11.7 Å². The van der Waals surface area contributed by atoms with Crippen LogP contribution in [-0.2, 0) is 11.3 Å². The lowest BCUT2D eigenvalue weighted by Gasteiger charge is -2.11. The number of amides is 1. The molecule has 0 spiro atoms. The molecule has 17 heavy (non-hydrogen) atoms. The molecule has 0 saturated heterocycles. The number of nitrogens with zero attached hydrogens (tertiary/aromatic N) is 1. The first-order valence-electron chi connectivity index (χ1n) is 5.35. The molecule has 0 aliphatic heterocycles. The predicted octanol–water partition coefficient (Wildman–Crippen LogP) is 1.86. The van der Waals surface area contributed by atoms with Gasteiger partial charge in [0.25, 0.3) is 5.91 Å². The van der Waals surface area contributed by atoms with Gasteiger partial charge in [0.2, 0.25) is 0 Å². The molecule has 2 N–H and O–H groups in total. The van der Waals surface area contributed by atoms with E-state index in [1.54, 1.807) is 10.6 Å². The highest BCUT2D eigenvalue weighted by molar-refractivity contribution is 9.10. The van der Waals surface area contributed by atoms with Gasteiger partial charge in [0.05, 0.1) is 0 Å². The van der Waals surface area contributed by atoms with Crippen molar-refractivity contribution in [2.75, 3.05) is 0 Å². The van der Waals surface area contributed by atoms with Gasteiger partial charge in [-0.25, -0.2) is 0 Å². The molecule has 0 aliphatic carbocycles. The lowest BCUT2D eigenvalue weighted by atomic mass is 10.3. The summed E-state index contributed by atoms with van der Waals surface area (Å²) in [6.07, 6.45) is 2.71. The number of carboxylic acids is 1. The van der Waals surface area contributed by atoms with Crippen LogP contribution in [0.25, 0.3) is 0 Å². The summed E-state index contributed by atoms with van der Waals surface area (Å²) < 4.78 is 2.60. The number of hydrogen-bond donors (Lipinski definition) is 2. The topological polar surface area (TPSA) is 71.3 Å². The average Bonchev–Trinajstić information content (AvgIpc) is 2.60. The average molecular weight is 303 g/mol. The van der Waals surface area contributed by atoms with Crippen molar-refractivity contribution in [3.63, 3.8) is 0 Å². The zero-order valence-corrected chi connectivity index (χ0v) is 11.3. The van der Waals surface area contributed by atoms with Crippen LogP contribution in [0.3, 0.4) is 0 Å². The molecule has 0 fully saturated rings. The molecule has 6 heteroatoms. The molecular weight excluding hydrogens is 288 g/mol. The molecule has 0 saturated carbocycles. The maximum Gasteiger partial charge on any atom is 0.325 e. The van der Waals surface area contributed by atoms with Crippen molar-refractivity contribution < 1.29 is 14.7 Å². The minimum absolute atomic E-state index is 0.376. The van der Waals surface area contributed by atoms with E-state index in [0.717, 1.165) is 17.4 Å². The molecule has 94 valence electrons. The standard InChI is InChI=1S/C11H15BrN2O3/c1-3-4-14-6-8(12)5-9(14)10(15)13-7(2)11(16)17/h5-7H,3-4H2,1-2H3,(H,13,15)(H,16,17)/t7-/m0/s1. The van der Waals surface area contributed by atoms with Crippen LogP contribution in [-0.4, -0.2) is 27.6 Å². The van der Waals surface area contributed by atoms with Crippen molar-refractivity contribution in [3.8, 4) is 0 Å². The molecule has 0 bridgehead atoms. The first-order chi connectivity index (χ1) is 7.95. The van der Waals surface area contributed by atoms with Crippen molar-refractivity contribution in [2.45, 2.75) is 32.9 Å². The minimum Gasteiger partial charge on any atom is -0.480 e. The van der Waals surface area contributed by atoms with Crippen LogP contribution in [0.5, 0.6) is 0 Å². The molecule has 0 aliphatic rings. The molecule has 5 nitrogen and oxygen atoms in total. The van der Waals surface area contributed by atoms with E-state index in [1.165, 1.54) is 6.92 Å². The highest BCUT2D eigenvalue weighted by Gasteiger charge is 2.18. The molecule has 1 rings (SSSR count). The molecule has 0 aromatic carbocycles. The number of carbonyl (C=O) groups excluding carboxylic acids is 1. The predicted molar refractivity (Wildman–Crippen MR) is 67.0 cm³/mol. The second kappa shape index (κ2) is 5.86. The van der Waals surface area contributed by atoms with Crippen LogP contribution in [0.4, 0.5) is 0 Å². The molecular formula is C11H15BrN2O3. The summed E-state index contributed by atoms with van der Waals surface area (Å²) in [6.45, 7) is 4.16. The zero-order chi connectivity index (χ0) is 13.0. The first-order valence-corrected chi connectivity index (χ1v) is 6.14. The number of nitrogens with one attached hydrogen (secondary N) is 1. The van der Waals surface area contributed by atoms with Gasteiger partial charge in [-0.3, -0.25) is 9.59 Å². The van der Waals surface area contributed by atoms with E-state index < -0.39 is 12.0 Å². The fourth-order valence-electron chi connectivity index (χ4n) is 1.42. The highest BCUT2D eigenvalue weighted by atomic mass is 79.9. The molecule has 1 atom stereocenters. The SMILES string of the molecule is CCCn1cc(Br)cc1C(=O)N[C@@H](C)C(=O)O. The van der Waals surface area contributed by atoms with Crippen molar-refractivity contribution >= 4 is 27.8 Å². The van der Waals surface area contributed by atoms with Gasteiger partial charge < -0.3 is 15.0 Å². The molecule has 0 unspecified atom stereocenters. The molecule has 0 radical (unpaired) electrons. The first kappa shape index (κ1) is 13.8. The summed E-state index contributed by atoms with van der Waals surface area (Å²) in [6, 6.07) is 0.783. The van der Waals surface area contributed by atoms with E-state index in [-0.39, 0.29) is 5.91 Å². The van der Waals surface area contributed by atoms with E-state index in [4.69, 9.17) is 5.11 Å². The Kier molecular flexibility index (Phi) is 4.74. The van der Waals surface area contributed by atoms with E-state index in [9.17, 15) is 9.59 Å². The van der Waals surface area contributed by atoms with Crippen molar-refractivity contribution in [1.29, 1.82) is 0 Å². The number of hydrogen-bond acceptors (Lipinski definition) is 2. The van der Waals surface area contributed by atoms with Gasteiger partial charge in [-0.1, -0.05) is 6.92 Å². The Morgan fingerprint density at radius 2 is 2.24 bits per heavy atom. The van der Waals surface area contributed by atoms with Crippen LogP contribution in [0, 0.1) is 0 Å². The van der Waals surface area contributed by atoms with Crippen molar-refractivity contribution in [3.05, 3.63) is 22.4 Å². The number of aromatic nitrogens is 1. The van der Waals surface area contributed by atoms with Crippen LogP contribution >= 0.6 is 15.9 Å². The number of carboxylic acid groups (broad SMARTS) is 1. The Morgan fingerprint density at radius 3 is 2.76 bits per heavy atom. The Morgan fingerprint density at radius 1 is 1.59 bits per heavy atom. The summed E-state index contributed by atoms with van der Waals surface area (Å²) in [7, 11) is 0. The zero-order valence-electron chi connectivity index (χ0n) is 9.74.